The summed E-state index contributed by atoms with van der Waals surface area (Å²) in [5.74, 6) is 4.74. The number of hydrogen-bond acceptors (Lipinski definition) is 4. The van der Waals surface area contributed by atoms with Gasteiger partial charge in [-0.05, 0) is 19.5 Å². The normalized spacial score (nSPS) is 14.4. The van der Waals surface area contributed by atoms with E-state index in [1.54, 1.807) is 11.9 Å². The van der Waals surface area contributed by atoms with Crippen LogP contribution >= 0.6 is 0 Å². The van der Waals surface area contributed by atoms with Crippen LogP contribution in [0, 0.1) is 0 Å². The summed E-state index contributed by atoms with van der Waals surface area (Å²) in [7, 11) is 1.77. The molecule has 0 aliphatic carbocycles. The first-order chi connectivity index (χ1) is 8.06. The Balaban J connectivity index is 2.63. The molecule has 0 saturated heterocycles. The lowest BCUT2D eigenvalue weighted by Crippen LogP contribution is -2.43. The molecule has 0 radical (unpaired) electrons. The quantitative estimate of drug-likeness (QED) is 0.383. The molecule has 4 N–H and O–H groups in total. The summed E-state index contributed by atoms with van der Waals surface area (Å²) in [5.41, 5.74) is 2.90. The van der Waals surface area contributed by atoms with Gasteiger partial charge in [0.1, 0.15) is 0 Å². The first-order valence-corrected chi connectivity index (χ1v) is 5.49. The first kappa shape index (κ1) is 13.6. The molecule has 0 aromatic heterocycles. The SMILES string of the molecule is C[C@H]([C@@H](O)c1ccccc1)N(C)CC(=O)NN. The van der Waals surface area contributed by atoms with Crippen LogP contribution in [0.1, 0.15) is 18.6 Å². The standard InChI is InChI=1S/C12H19N3O2/c1-9(15(2)8-11(16)14-13)12(17)10-6-4-3-5-7-10/h3-7,9,12,17H,8,13H2,1-2H3,(H,14,16)/t9-,12-/m1/s1. The van der Waals surface area contributed by atoms with Crippen molar-refractivity contribution in [2.24, 2.45) is 5.84 Å². The van der Waals surface area contributed by atoms with Crippen molar-refractivity contribution in [3.05, 3.63) is 35.9 Å². The second kappa shape index (κ2) is 6.34. The average Bonchev–Trinajstić information content (AvgIpc) is 2.37. The van der Waals surface area contributed by atoms with Crippen LogP contribution in [0.2, 0.25) is 0 Å². The van der Waals surface area contributed by atoms with Crippen molar-refractivity contribution in [1.82, 2.24) is 10.3 Å². The predicted octanol–water partition coefficient (Wildman–Crippen LogP) is 0.0302. The molecular weight excluding hydrogens is 218 g/mol. The molecule has 0 unspecified atom stereocenters. The Kier molecular flexibility index (Phi) is 5.09. The van der Waals surface area contributed by atoms with E-state index in [9.17, 15) is 9.90 Å². The van der Waals surface area contributed by atoms with E-state index in [1.807, 2.05) is 37.3 Å². The molecular formula is C12H19N3O2. The van der Waals surface area contributed by atoms with Crippen molar-refractivity contribution in [2.45, 2.75) is 19.1 Å². The van der Waals surface area contributed by atoms with Gasteiger partial charge >= 0.3 is 0 Å². The molecule has 1 rings (SSSR count). The number of aliphatic hydroxyl groups excluding tert-OH is 1. The summed E-state index contributed by atoms with van der Waals surface area (Å²) in [6.07, 6.45) is -0.633. The van der Waals surface area contributed by atoms with Crippen molar-refractivity contribution in [1.29, 1.82) is 0 Å². The molecule has 0 fully saturated rings. The lowest BCUT2D eigenvalue weighted by atomic mass is 10.0. The Morgan fingerprint density at radius 3 is 2.59 bits per heavy atom. The number of carbonyl (C=O) groups excluding carboxylic acids is 1. The number of carbonyl (C=O) groups is 1. The van der Waals surface area contributed by atoms with E-state index < -0.39 is 6.10 Å². The summed E-state index contributed by atoms with van der Waals surface area (Å²) in [4.78, 5) is 12.9. The molecule has 17 heavy (non-hydrogen) atoms. The highest BCUT2D eigenvalue weighted by molar-refractivity contribution is 5.77. The first-order valence-electron chi connectivity index (χ1n) is 5.49. The number of nitrogens with two attached hydrogens (primary N) is 1. The lowest BCUT2D eigenvalue weighted by Gasteiger charge is -2.28. The number of aliphatic hydroxyl groups is 1. The van der Waals surface area contributed by atoms with Gasteiger partial charge in [0.25, 0.3) is 0 Å². The van der Waals surface area contributed by atoms with Crippen molar-refractivity contribution in [3.63, 3.8) is 0 Å². The highest BCUT2D eigenvalue weighted by atomic mass is 16.3. The minimum absolute atomic E-state index is 0.154. The molecule has 0 aliphatic heterocycles. The molecule has 1 aromatic carbocycles. The fourth-order valence-electron chi connectivity index (χ4n) is 1.59. The van der Waals surface area contributed by atoms with Gasteiger partial charge in [-0.15, -0.1) is 0 Å². The zero-order chi connectivity index (χ0) is 12.8. The molecule has 5 nitrogen and oxygen atoms in total. The highest BCUT2D eigenvalue weighted by Crippen LogP contribution is 2.19. The number of nitrogens with zero attached hydrogens (tertiary/aromatic N) is 1. The molecule has 1 aromatic rings. The second-order valence-corrected chi connectivity index (χ2v) is 4.08. The van der Waals surface area contributed by atoms with Gasteiger partial charge in [0.15, 0.2) is 0 Å². The maximum absolute atomic E-state index is 11.1. The van der Waals surface area contributed by atoms with E-state index in [0.29, 0.717) is 0 Å². The largest absolute Gasteiger partial charge is 0.387 e. The van der Waals surface area contributed by atoms with Gasteiger partial charge in [0.2, 0.25) is 5.91 Å². The Labute approximate surface area is 101 Å². The van der Waals surface area contributed by atoms with Crippen molar-refractivity contribution in [2.75, 3.05) is 13.6 Å². The van der Waals surface area contributed by atoms with E-state index in [1.165, 1.54) is 0 Å². The number of likely N-dealkylation sites (N-methyl/N-ethyl adjacent to an activating group) is 1. The van der Waals surface area contributed by atoms with Gasteiger partial charge in [0.05, 0.1) is 12.6 Å². The van der Waals surface area contributed by atoms with Gasteiger partial charge < -0.3 is 5.11 Å². The van der Waals surface area contributed by atoms with Crippen molar-refractivity contribution in [3.8, 4) is 0 Å². The molecule has 5 heteroatoms. The Morgan fingerprint density at radius 1 is 1.47 bits per heavy atom. The molecule has 0 aliphatic rings. The topological polar surface area (TPSA) is 78.6 Å². The number of benzene rings is 1. The summed E-state index contributed by atoms with van der Waals surface area (Å²) >= 11 is 0. The molecule has 0 bridgehead atoms. The third kappa shape index (κ3) is 3.81. The van der Waals surface area contributed by atoms with E-state index >= 15 is 0 Å². The fraction of sp³-hybridized carbons (Fsp3) is 0.417. The van der Waals surface area contributed by atoms with Gasteiger partial charge in [-0.3, -0.25) is 15.1 Å². The molecule has 0 spiro atoms. The van der Waals surface area contributed by atoms with Crippen LogP contribution in [-0.4, -0.2) is 35.5 Å². The van der Waals surface area contributed by atoms with Crippen LogP contribution in [0.15, 0.2) is 30.3 Å². The van der Waals surface area contributed by atoms with E-state index in [-0.39, 0.29) is 18.5 Å². The number of hydrogen-bond donors (Lipinski definition) is 3. The smallest absolute Gasteiger partial charge is 0.248 e. The van der Waals surface area contributed by atoms with Crippen LogP contribution in [-0.2, 0) is 4.79 Å². The number of nitrogens with one attached hydrogen (secondary N) is 1. The van der Waals surface area contributed by atoms with Crippen LogP contribution in [0.4, 0.5) is 0 Å². The van der Waals surface area contributed by atoms with Crippen molar-refractivity contribution < 1.29 is 9.90 Å². The number of hydrazine groups is 1. The molecule has 1 amide bonds. The fourth-order valence-corrected chi connectivity index (χ4v) is 1.59. The maximum atomic E-state index is 11.1. The third-order valence-electron chi connectivity index (χ3n) is 2.85. The predicted molar refractivity (Wildman–Crippen MR) is 65.8 cm³/mol. The molecule has 0 saturated carbocycles. The van der Waals surface area contributed by atoms with Gasteiger partial charge in [-0.1, -0.05) is 30.3 Å². The maximum Gasteiger partial charge on any atom is 0.248 e. The highest BCUT2D eigenvalue weighted by Gasteiger charge is 2.21. The zero-order valence-electron chi connectivity index (χ0n) is 10.1. The summed E-state index contributed by atoms with van der Waals surface area (Å²) < 4.78 is 0. The van der Waals surface area contributed by atoms with E-state index in [0.717, 1.165) is 5.56 Å². The van der Waals surface area contributed by atoms with Gasteiger partial charge in [0, 0.05) is 6.04 Å². The van der Waals surface area contributed by atoms with Crippen molar-refractivity contribution >= 4 is 5.91 Å². The summed E-state index contributed by atoms with van der Waals surface area (Å²) in [5, 5.41) is 10.1. The minimum atomic E-state index is -0.633. The number of amides is 1. The second-order valence-electron chi connectivity index (χ2n) is 4.08. The Bertz CT molecular complexity index is 356. The van der Waals surface area contributed by atoms with Crippen LogP contribution in [0.5, 0.6) is 0 Å². The van der Waals surface area contributed by atoms with Gasteiger partial charge in [-0.25, -0.2) is 5.84 Å². The van der Waals surface area contributed by atoms with E-state index in [4.69, 9.17) is 5.84 Å². The minimum Gasteiger partial charge on any atom is -0.387 e. The van der Waals surface area contributed by atoms with Crippen LogP contribution < -0.4 is 11.3 Å². The zero-order valence-corrected chi connectivity index (χ0v) is 10.1. The van der Waals surface area contributed by atoms with Gasteiger partial charge in [-0.2, -0.15) is 0 Å². The average molecular weight is 237 g/mol. The lowest BCUT2D eigenvalue weighted by molar-refractivity contribution is -0.122. The van der Waals surface area contributed by atoms with E-state index in [2.05, 4.69) is 5.43 Å². The Hall–Kier alpha value is -1.43. The molecule has 94 valence electrons. The summed E-state index contributed by atoms with van der Waals surface area (Å²) in [6, 6.07) is 9.19. The monoisotopic (exact) mass is 237 g/mol. The van der Waals surface area contributed by atoms with Crippen LogP contribution in [0.25, 0.3) is 0 Å². The number of rotatable bonds is 5. The Morgan fingerprint density at radius 2 is 2.06 bits per heavy atom. The van der Waals surface area contributed by atoms with Crippen LogP contribution in [0.3, 0.4) is 0 Å². The summed E-state index contributed by atoms with van der Waals surface area (Å²) in [6.45, 7) is 2.02. The molecule has 0 heterocycles. The molecule has 2 atom stereocenters. The third-order valence-corrected chi connectivity index (χ3v) is 2.85.